The van der Waals surface area contributed by atoms with Crippen molar-refractivity contribution in [3.63, 3.8) is 0 Å². The van der Waals surface area contributed by atoms with E-state index in [1.165, 1.54) is 148 Å². The maximum atomic E-state index is 13.0. The lowest BCUT2D eigenvalue weighted by Crippen LogP contribution is -2.30. The third-order valence-electron chi connectivity index (χ3n) is 16.2. The average molecular weight is 1340 g/mol. The van der Waals surface area contributed by atoms with Crippen LogP contribution in [0.25, 0.3) is 0 Å². The molecule has 2 unspecified atom stereocenters. The van der Waals surface area contributed by atoms with E-state index in [4.69, 9.17) is 37.0 Å². The number of carbonyl (C=O) groups is 4. The zero-order chi connectivity index (χ0) is 67.0. The van der Waals surface area contributed by atoms with Crippen molar-refractivity contribution < 1.29 is 80.2 Å². The van der Waals surface area contributed by atoms with Crippen LogP contribution in [-0.4, -0.2) is 96.7 Å². The van der Waals surface area contributed by atoms with Gasteiger partial charge in [0.1, 0.15) is 19.3 Å². The molecule has 0 aliphatic heterocycles. The molecule has 3 N–H and O–H groups in total. The van der Waals surface area contributed by atoms with E-state index in [2.05, 4.69) is 58.9 Å². The summed E-state index contributed by atoms with van der Waals surface area (Å²) in [5, 5.41) is 10.6. The van der Waals surface area contributed by atoms with Crippen LogP contribution in [0.5, 0.6) is 0 Å². The van der Waals surface area contributed by atoms with Crippen molar-refractivity contribution in [1.29, 1.82) is 0 Å². The van der Waals surface area contributed by atoms with Gasteiger partial charge in [0.25, 0.3) is 0 Å². The molecule has 19 heteroatoms. The first-order valence-corrected chi connectivity index (χ1v) is 39.9. The lowest BCUT2D eigenvalue weighted by molar-refractivity contribution is -0.161. The molecule has 0 aromatic rings. The van der Waals surface area contributed by atoms with Crippen molar-refractivity contribution in [3.8, 4) is 0 Å². The second-order valence-electron chi connectivity index (χ2n) is 25.8. The number of ether oxygens (including phenoxy) is 4. The van der Waals surface area contributed by atoms with E-state index in [1.807, 2.05) is 0 Å². The highest BCUT2D eigenvalue weighted by Gasteiger charge is 2.30. The number of phosphoric acid groups is 2. The van der Waals surface area contributed by atoms with Gasteiger partial charge in [0, 0.05) is 25.7 Å². The number of carbonyl (C=O) groups excluding carboxylic acids is 4. The van der Waals surface area contributed by atoms with Crippen molar-refractivity contribution in [1.82, 2.24) is 0 Å². The Bertz CT molecular complexity index is 1850. The maximum absolute atomic E-state index is 13.0. The second-order valence-corrected chi connectivity index (χ2v) is 28.7. The molecule has 5 atom stereocenters. The van der Waals surface area contributed by atoms with E-state index in [0.29, 0.717) is 25.7 Å². The molecule has 0 rings (SSSR count). The lowest BCUT2D eigenvalue weighted by Gasteiger charge is -2.21. The molecule has 91 heavy (non-hydrogen) atoms. The van der Waals surface area contributed by atoms with Crippen LogP contribution in [0.1, 0.15) is 349 Å². The first-order chi connectivity index (χ1) is 44.0. The quantitative estimate of drug-likeness (QED) is 0.0169. The van der Waals surface area contributed by atoms with Gasteiger partial charge in [-0.15, -0.1) is 0 Å². The van der Waals surface area contributed by atoms with Crippen LogP contribution < -0.4 is 0 Å². The molecule has 0 spiro atoms. The number of allylic oxidation sites excluding steroid dienone is 4. The van der Waals surface area contributed by atoms with Gasteiger partial charge in [-0.05, 0) is 57.3 Å². The zero-order valence-corrected chi connectivity index (χ0v) is 60.3. The first kappa shape index (κ1) is 88.5. The maximum Gasteiger partial charge on any atom is 0.472 e. The molecule has 0 amide bonds. The molecule has 0 fully saturated rings. The van der Waals surface area contributed by atoms with Gasteiger partial charge in [-0.2, -0.15) is 0 Å². The summed E-state index contributed by atoms with van der Waals surface area (Å²) in [6.07, 6.45) is 54.9. The summed E-state index contributed by atoms with van der Waals surface area (Å²) < 4.78 is 68.2. The van der Waals surface area contributed by atoms with Crippen molar-refractivity contribution in [2.45, 2.75) is 368 Å². The predicted molar refractivity (Wildman–Crippen MR) is 368 cm³/mol. The molecule has 536 valence electrons. The minimum atomic E-state index is -4.96. The van der Waals surface area contributed by atoms with Gasteiger partial charge in [-0.25, -0.2) is 9.13 Å². The highest BCUT2D eigenvalue weighted by Crippen LogP contribution is 2.45. The monoisotopic (exact) mass is 1330 g/mol. The molecule has 0 aromatic carbocycles. The van der Waals surface area contributed by atoms with Crippen molar-refractivity contribution in [2.24, 2.45) is 5.92 Å². The van der Waals surface area contributed by atoms with Crippen LogP contribution in [0.2, 0.25) is 0 Å². The smallest absolute Gasteiger partial charge is 0.462 e. The minimum Gasteiger partial charge on any atom is -0.462 e. The van der Waals surface area contributed by atoms with E-state index >= 15 is 0 Å². The van der Waals surface area contributed by atoms with Crippen LogP contribution in [0.15, 0.2) is 24.3 Å². The summed E-state index contributed by atoms with van der Waals surface area (Å²) in [6, 6.07) is 0. The summed E-state index contributed by atoms with van der Waals surface area (Å²) in [5.74, 6) is -1.37. The summed E-state index contributed by atoms with van der Waals surface area (Å²) in [7, 11) is -9.91. The highest BCUT2D eigenvalue weighted by molar-refractivity contribution is 7.47. The average Bonchev–Trinajstić information content (AvgIpc) is 3.72. The van der Waals surface area contributed by atoms with Crippen molar-refractivity contribution in [2.75, 3.05) is 39.6 Å². The molecule has 0 radical (unpaired) electrons. The van der Waals surface area contributed by atoms with Crippen LogP contribution in [0.3, 0.4) is 0 Å². The number of unbranched alkanes of at least 4 members (excludes halogenated alkanes) is 39. The van der Waals surface area contributed by atoms with E-state index in [-0.39, 0.29) is 25.7 Å². The topological polar surface area (TPSA) is 237 Å². The normalized spacial score (nSPS) is 14.2. The molecular weight excluding hydrogens is 1200 g/mol. The lowest BCUT2D eigenvalue weighted by atomic mass is 10.0. The number of phosphoric ester groups is 2. The summed E-state index contributed by atoms with van der Waals surface area (Å²) >= 11 is 0. The summed E-state index contributed by atoms with van der Waals surface area (Å²) in [4.78, 5) is 72.5. The summed E-state index contributed by atoms with van der Waals surface area (Å²) in [5.41, 5.74) is 0. The molecule has 17 nitrogen and oxygen atoms in total. The largest absolute Gasteiger partial charge is 0.472 e. The van der Waals surface area contributed by atoms with Crippen molar-refractivity contribution in [3.05, 3.63) is 24.3 Å². The Labute approximate surface area is 554 Å². The van der Waals surface area contributed by atoms with E-state index in [9.17, 15) is 43.2 Å². The van der Waals surface area contributed by atoms with Gasteiger partial charge >= 0.3 is 39.5 Å². The number of rotatable bonds is 70. The van der Waals surface area contributed by atoms with Gasteiger partial charge in [0.05, 0.1) is 26.4 Å². The molecular formula is C72H136O17P2. The first-order valence-electron chi connectivity index (χ1n) is 37.0. The molecule has 0 aliphatic rings. The molecule has 0 aromatic heterocycles. The minimum absolute atomic E-state index is 0.0852. The molecule has 0 heterocycles. The van der Waals surface area contributed by atoms with E-state index < -0.39 is 97.5 Å². The zero-order valence-electron chi connectivity index (χ0n) is 58.5. The van der Waals surface area contributed by atoms with Gasteiger partial charge in [0.15, 0.2) is 12.2 Å². The van der Waals surface area contributed by atoms with Crippen molar-refractivity contribution >= 4 is 39.5 Å². The Morgan fingerprint density at radius 3 is 0.901 bits per heavy atom. The Hall–Kier alpha value is -2.46. The fraction of sp³-hybridized carbons (Fsp3) is 0.889. The van der Waals surface area contributed by atoms with Crippen LogP contribution >= 0.6 is 15.6 Å². The summed E-state index contributed by atoms with van der Waals surface area (Å²) in [6.45, 7) is 7.17. The Morgan fingerprint density at radius 1 is 0.341 bits per heavy atom. The fourth-order valence-electron chi connectivity index (χ4n) is 10.5. The Balaban J connectivity index is 5.24. The molecule has 0 aliphatic carbocycles. The Morgan fingerprint density at radius 2 is 0.593 bits per heavy atom. The van der Waals surface area contributed by atoms with Crippen LogP contribution in [-0.2, 0) is 65.4 Å². The predicted octanol–water partition coefficient (Wildman–Crippen LogP) is 20.5. The van der Waals surface area contributed by atoms with E-state index in [1.54, 1.807) is 0 Å². The third kappa shape index (κ3) is 66.0. The number of esters is 4. The number of aliphatic hydroxyl groups is 1. The van der Waals surface area contributed by atoms with Gasteiger partial charge < -0.3 is 33.8 Å². The molecule has 0 saturated heterocycles. The molecule has 0 saturated carbocycles. The van der Waals surface area contributed by atoms with Gasteiger partial charge in [-0.3, -0.25) is 37.3 Å². The van der Waals surface area contributed by atoms with Gasteiger partial charge in [-0.1, -0.05) is 296 Å². The third-order valence-corrected chi connectivity index (χ3v) is 18.1. The standard InChI is InChI=1S/C72H136O17P2/c1-6-9-12-15-18-20-22-24-26-28-34-38-43-48-53-58-72(77)89-68(62-83-70(75)56-51-46-41-36-32-30-29-31-35-40-44-49-54-65(4)5)64-87-91(80,81)85-60-66(73)59-84-90(78,79)86-63-67(61-82-69(74)55-50-45-39-17-14-11-8-3)88-71(76)57-52-47-42-37-33-27-25-23-21-19-16-13-10-7-2/h20,22,24,26,65-68,73H,6-19,21,23,25,27-64H2,1-5H3,(H,78,79)(H,80,81)/b22-20-,26-24-/t66-,67+,68+/m0/s1. The van der Waals surface area contributed by atoms with Crippen LogP contribution in [0, 0.1) is 5.92 Å². The number of hydrogen-bond donors (Lipinski definition) is 3. The molecule has 0 bridgehead atoms. The fourth-order valence-corrected chi connectivity index (χ4v) is 12.0. The van der Waals surface area contributed by atoms with Crippen LogP contribution in [0.4, 0.5) is 0 Å². The Kier molecular flexibility index (Phi) is 63.1. The van der Waals surface area contributed by atoms with Gasteiger partial charge in [0.2, 0.25) is 0 Å². The number of hydrogen-bond acceptors (Lipinski definition) is 15. The number of aliphatic hydroxyl groups excluding tert-OH is 1. The second kappa shape index (κ2) is 64.9. The highest BCUT2D eigenvalue weighted by atomic mass is 31.2. The SMILES string of the molecule is CCCCCC/C=C\C=C/CCCCCCCC(=O)O[C@H](COC(=O)CCCCCCCCCCCCCCC(C)C)COP(=O)(O)OC[C@@H](O)COP(=O)(O)OC[C@@H](COC(=O)CCCCCCCCC)OC(=O)CCCCCCCCCCCCCCCC. The van der Waals surface area contributed by atoms with E-state index in [0.717, 1.165) is 121 Å².